The maximum atomic E-state index is 13.3. The Morgan fingerprint density at radius 3 is 2.68 bits per heavy atom. The molecule has 2 N–H and O–H groups in total. The molecule has 1 aromatic carbocycles. The minimum atomic E-state index is -1.65. The van der Waals surface area contributed by atoms with Crippen molar-refractivity contribution in [3.05, 3.63) is 41.2 Å². The Labute approximate surface area is 105 Å². The third-order valence-electron chi connectivity index (χ3n) is 2.35. The first-order chi connectivity index (χ1) is 9.02. The number of anilines is 1. The summed E-state index contributed by atoms with van der Waals surface area (Å²) < 4.78 is 39.0. The number of amides is 1. The Bertz CT molecular complexity index is 626. The maximum absolute atomic E-state index is 13.3. The van der Waals surface area contributed by atoms with Crippen molar-refractivity contribution >= 4 is 11.6 Å². The summed E-state index contributed by atoms with van der Waals surface area (Å²) >= 11 is 0. The summed E-state index contributed by atoms with van der Waals surface area (Å²) in [5.74, 6) is -5.00. The number of aromatic amines is 1. The van der Waals surface area contributed by atoms with E-state index in [0.29, 0.717) is 18.3 Å². The van der Waals surface area contributed by atoms with Crippen molar-refractivity contribution in [2.75, 3.05) is 5.32 Å². The molecule has 0 radical (unpaired) electrons. The zero-order valence-corrected chi connectivity index (χ0v) is 9.80. The Morgan fingerprint density at radius 2 is 2.05 bits per heavy atom. The van der Waals surface area contributed by atoms with Crippen LogP contribution in [-0.4, -0.2) is 21.1 Å². The molecule has 1 heterocycles. The molecule has 8 heteroatoms. The van der Waals surface area contributed by atoms with Crippen LogP contribution in [-0.2, 0) is 6.42 Å². The number of rotatable bonds is 3. The Balaban J connectivity index is 2.21. The van der Waals surface area contributed by atoms with Gasteiger partial charge in [0.2, 0.25) is 5.82 Å². The lowest BCUT2D eigenvalue weighted by Gasteiger charge is -2.04. The highest BCUT2D eigenvalue weighted by atomic mass is 19.2. The first kappa shape index (κ1) is 13.1. The molecule has 0 spiro atoms. The minimum Gasteiger partial charge on any atom is -0.317 e. The lowest BCUT2D eigenvalue weighted by Crippen LogP contribution is -2.15. The van der Waals surface area contributed by atoms with Crippen LogP contribution in [0.3, 0.4) is 0 Å². The average Bonchev–Trinajstić information content (AvgIpc) is 2.88. The first-order valence-electron chi connectivity index (χ1n) is 5.39. The molecule has 0 bridgehead atoms. The van der Waals surface area contributed by atoms with Crippen LogP contribution >= 0.6 is 0 Å². The molecule has 1 amide bonds. The standard InChI is InChI=1S/C11H9F3N4O/c1-2-7-16-10(18-17-7)11(19)15-6-4-3-5(12)8(13)9(6)14/h3-4H,2H2,1H3,(H,15,19)(H,16,17,18). The number of benzene rings is 1. The summed E-state index contributed by atoms with van der Waals surface area (Å²) in [6, 6.07) is 1.63. The summed E-state index contributed by atoms with van der Waals surface area (Å²) in [5, 5.41) is 8.19. The van der Waals surface area contributed by atoms with E-state index in [4.69, 9.17) is 0 Å². The van der Waals surface area contributed by atoms with Gasteiger partial charge in [0.1, 0.15) is 5.82 Å². The monoisotopic (exact) mass is 270 g/mol. The van der Waals surface area contributed by atoms with Gasteiger partial charge in [-0.1, -0.05) is 6.92 Å². The van der Waals surface area contributed by atoms with Crippen molar-refractivity contribution in [1.29, 1.82) is 0 Å². The van der Waals surface area contributed by atoms with Crippen LogP contribution in [0.15, 0.2) is 12.1 Å². The molecule has 19 heavy (non-hydrogen) atoms. The third kappa shape index (κ3) is 2.56. The van der Waals surface area contributed by atoms with Crippen molar-refractivity contribution in [2.45, 2.75) is 13.3 Å². The fraction of sp³-hybridized carbons (Fsp3) is 0.182. The number of H-pyrrole nitrogens is 1. The quantitative estimate of drug-likeness (QED) is 0.838. The van der Waals surface area contributed by atoms with Gasteiger partial charge in [0.05, 0.1) is 5.69 Å². The van der Waals surface area contributed by atoms with E-state index in [2.05, 4.69) is 20.5 Å². The Kier molecular flexibility index (Phi) is 3.50. The Hall–Kier alpha value is -2.38. The number of carbonyl (C=O) groups is 1. The maximum Gasteiger partial charge on any atom is 0.295 e. The van der Waals surface area contributed by atoms with E-state index in [-0.39, 0.29) is 5.82 Å². The van der Waals surface area contributed by atoms with Gasteiger partial charge >= 0.3 is 0 Å². The lowest BCUT2D eigenvalue weighted by molar-refractivity contribution is 0.101. The predicted octanol–water partition coefficient (Wildman–Crippen LogP) is 2.04. The van der Waals surface area contributed by atoms with Crippen LogP contribution in [0.5, 0.6) is 0 Å². The fourth-order valence-electron chi connectivity index (χ4n) is 1.36. The van der Waals surface area contributed by atoms with Gasteiger partial charge in [-0.15, -0.1) is 5.10 Å². The largest absolute Gasteiger partial charge is 0.317 e. The second kappa shape index (κ2) is 5.09. The average molecular weight is 270 g/mol. The predicted molar refractivity (Wildman–Crippen MR) is 60.0 cm³/mol. The summed E-state index contributed by atoms with van der Waals surface area (Å²) in [4.78, 5) is 15.5. The van der Waals surface area contributed by atoms with E-state index in [1.807, 2.05) is 0 Å². The summed E-state index contributed by atoms with van der Waals surface area (Å²) in [5.41, 5.74) is -0.480. The van der Waals surface area contributed by atoms with Crippen molar-refractivity contribution in [2.24, 2.45) is 0 Å². The summed E-state index contributed by atoms with van der Waals surface area (Å²) in [6.45, 7) is 1.80. The molecule has 1 aromatic heterocycles. The number of hydrogen-bond donors (Lipinski definition) is 2. The van der Waals surface area contributed by atoms with Gasteiger partial charge in [0, 0.05) is 6.42 Å². The molecule has 2 aromatic rings. The van der Waals surface area contributed by atoms with Crippen molar-refractivity contribution in [3.8, 4) is 0 Å². The first-order valence-corrected chi connectivity index (χ1v) is 5.39. The van der Waals surface area contributed by atoms with E-state index < -0.39 is 29.0 Å². The van der Waals surface area contributed by atoms with E-state index in [1.165, 1.54) is 0 Å². The highest BCUT2D eigenvalue weighted by Gasteiger charge is 2.18. The number of carbonyl (C=O) groups excluding carboxylic acids is 1. The van der Waals surface area contributed by atoms with Gasteiger partial charge in [-0.3, -0.25) is 9.89 Å². The van der Waals surface area contributed by atoms with Crippen molar-refractivity contribution in [3.63, 3.8) is 0 Å². The molecule has 0 saturated heterocycles. The second-order valence-electron chi connectivity index (χ2n) is 3.64. The van der Waals surface area contributed by atoms with E-state index >= 15 is 0 Å². The van der Waals surface area contributed by atoms with Gasteiger partial charge in [-0.2, -0.15) is 0 Å². The van der Waals surface area contributed by atoms with Crippen LogP contribution in [0.2, 0.25) is 0 Å². The van der Waals surface area contributed by atoms with Crippen LogP contribution in [0, 0.1) is 17.5 Å². The molecule has 2 rings (SSSR count). The number of nitrogens with zero attached hydrogens (tertiary/aromatic N) is 2. The number of aryl methyl sites for hydroxylation is 1. The van der Waals surface area contributed by atoms with Crippen LogP contribution in [0.1, 0.15) is 23.4 Å². The SMILES string of the molecule is CCc1nc(C(=O)Nc2ccc(F)c(F)c2F)n[nH]1. The molecule has 100 valence electrons. The third-order valence-corrected chi connectivity index (χ3v) is 2.35. The minimum absolute atomic E-state index is 0.207. The Morgan fingerprint density at radius 1 is 1.32 bits per heavy atom. The van der Waals surface area contributed by atoms with Crippen molar-refractivity contribution in [1.82, 2.24) is 15.2 Å². The van der Waals surface area contributed by atoms with Crippen LogP contribution < -0.4 is 5.32 Å². The number of hydrogen-bond acceptors (Lipinski definition) is 3. The zero-order valence-electron chi connectivity index (χ0n) is 9.80. The molecule has 0 saturated carbocycles. The number of aromatic nitrogens is 3. The molecule has 0 unspecified atom stereocenters. The van der Waals surface area contributed by atoms with Crippen molar-refractivity contribution < 1.29 is 18.0 Å². The topological polar surface area (TPSA) is 70.7 Å². The van der Waals surface area contributed by atoms with Gasteiger partial charge in [0.15, 0.2) is 17.5 Å². The zero-order chi connectivity index (χ0) is 14.0. The van der Waals surface area contributed by atoms with Gasteiger partial charge in [-0.05, 0) is 12.1 Å². The second-order valence-corrected chi connectivity index (χ2v) is 3.64. The summed E-state index contributed by atoms with van der Waals surface area (Å²) in [7, 11) is 0. The molecule has 0 aliphatic heterocycles. The van der Waals surface area contributed by atoms with E-state index in [0.717, 1.165) is 6.07 Å². The van der Waals surface area contributed by atoms with Crippen LogP contribution in [0.4, 0.5) is 18.9 Å². The van der Waals surface area contributed by atoms with E-state index in [1.54, 1.807) is 6.92 Å². The molecule has 0 atom stereocenters. The molecule has 0 aliphatic rings. The summed E-state index contributed by atoms with van der Waals surface area (Å²) in [6.07, 6.45) is 0.541. The number of halogens is 3. The molecule has 0 fully saturated rings. The lowest BCUT2D eigenvalue weighted by atomic mass is 10.2. The molecular formula is C11H9F3N4O. The molecule has 0 aliphatic carbocycles. The van der Waals surface area contributed by atoms with E-state index in [9.17, 15) is 18.0 Å². The highest BCUT2D eigenvalue weighted by molar-refractivity contribution is 6.01. The highest BCUT2D eigenvalue weighted by Crippen LogP contribution is 2.19. The van der Waals surface area contributed by atoms with Crippen LogP contribution in [0.25, 0.3) is 0 Å². The van der Waals surface area contributed by atoms with Gasteiger partial charge in [-0.25, -0.2) is 18.2 Å². The fourth-order valence-corrected chi connectivity index (χ4v) is 1.36. The normalized spacial score (nSPS) is 10.5. The number of nitrogens with one attached hydrogen (secondary N) is 2. The smallest absolute Gasteiger partial charge is 0.295 e. The van der Waals surface area contributed by atoms with Gasteiger partial charge < -0.3 is 5.32 Å². The molecular weight excluding hydrogens is 261 g/mol. The molecule has 5 nitrogen and oxygen atoms in total. The van der Waals surface area contributed by atoms with Gasteiger partial charge in [0.25, 0.3) is 5.91 Å².